The molecule has 1 aliphatic rings. The van der Waals surface area contributed by atoms with Gasteiger partial charge in [0.15, 0.2) is 12.6 Å². The highest BCUT2D eigenvalue weighted by Gasteiger charge is 2.55. The lowest BCUT2D eigenvalue weighted by atomic mass is 9.87. The lowest BCUT2D eigenvalue weighted by molar-refractivity contribution is -0.271. The molecule has 1 aliphatic heterocycles. The van der Waals surface area contributed by atoms with Crippen LogP contribution in [0.3, 0.4) is 0 Å². The van der Waals surface area contributed by atoms with Crippen LogP contribution >= 0.6 is 7.60 Å². The second kappa shape index (κ2) is 12.7. The van der Waals surface area contributed by atoms with Crippen LogP contribution in [0.15, 0.2) is 0 Å². The van der Waals surface area contributed by atoms with Crippen LogP contribution in [-0.2, 0) is 51.8 Å². The smallest absolute Gasteiger partial charge is 0.348 e. The van der Waals surface area contributed by atoms with E-state index in [1.807, 2.05) is 0 Å². The average Bonchev–Trinajstić information content (AvgIpc) is 3.07. The summed E-state index contributed by atoms with van der Waals surface area (Å²) >= 11 is 0. The summed E-state index contributed by atoms with van der Waals surface area (Å²) < 4.78 is 40.1. The molecule has 14 heteroatoms. The topological polar surface area (TPSA) is 164 Å². The third-order valence-electron chi connectivity index (χ3n) is 5.61. The van der Waals surface area contributed by atoms with E-state index in [4.69, 9.17) is 28.1 Å². The van der Waals surface area contributed by atoms with E-state index in [0.29, 0.717) is 5.06 Å². The van der Waals surface area contributed by atoms with Gasteiger partial charge in [0.05, 0.1) is 5.41 Å². The van der Waals surface area contributed by atoms with Crippen LogP contribution in [0.25, 0.3) is 0 Å². The number of nitrogens with zero attached hydrogens (tertiary/aromatic N) is 1. The number of carbonyl (C=O) groups excluding carboxylic acids is 4. The summed E-state index contributed by atoms with van der Waals surface area (Å²) in [5, 5.41) is 11.1. The largest absolute Gasteiger partial charge is 0.438 e. The lowest BCUT2D eigenvalue weighted by Crippen LogP contribution is -2.43. The van der Waals surface area contributed by atoms with Crippen LogP contribution in [0.5, 0.6) is 0 Å². The Morgan fingerprint density at radius 3 is 2.00 bits per heavy atom. The molecule has 1 N–H and O–H groups in total. The Morgan fingerprint density at radius 1 is 0.973 bits per heavy atom. The summed E-state index contributed by atoms with van der Waals surface area (Å²) in [6.45, 7) is 12.7. The molecule has 0 radical (unpaired) electrons. The zero-order chi connectivity index (χ0) is 28.8. The quantitative estimate of drug-likeness (QED) is 0.213. The molecule has 1 amide bonds. The Kier molecular flexibility index (Phi) is 11.3. The molecule has 0 aliphatic carbocycles. The Balaban J connectivity index is 3.23. The molecule has 0 bridgehead atoms. The van der Waals surface area contributed by atoms with Gasteiger partial charge >= 0.3 is 25.5 Å². The SMILES string of the molecule is CCC(=O)OC1C[C@H](P(=O)(OCOC(=O)C(C)(C)C)OCOC(C)(O)C(C)(C)C)C(=O)N1OC(=O)CC. The van der Waals surface area contributed by atoms with Crippen molar-refractivity contribution in [1.82, 2.24) is 5.06 Å². The van der Waals surface area contributed by atoms with E-state index < -0.39 is 79.9 Å². The minimum atomic E-state index is -4.54. The van der Waals surface area contributed by atoms with E-state index in [9.17, 15) is 28.8 Å². The van der Waals surface area contributed by atoms with Crippen molar-refractivity contribution in [2.45, 2.75) is 99.3 Å². The van der Waals surface area contributed by atoms with Crippen molar-refractivity contribution in [1.29, 1.82) is 0 Å². The highest BCUT2D eigenvalue weighted by molar-refractivity contribution is 7.55. The molecule has 37 heavy (non-hydrogen) atoms. The molecule has 0 aromatic carbocycles. The number of ether oxygens (including phenoxy) is 3. The first-order valence-electron chi connectivity index (χ1n) is 11.9. The predicted octanol–water partition coefficient (Wildman–Crippen LogP) is 3.24. The van der Waals surface area contributed by atoms with E-state index in [2.05, 4.69) is 0 Å². The Bertz CT molecular complexity index is 889. The standard InChI is InChI=1S/C23H40NO12P/c1-10-17(25)35-16-12-15(19(27)24(16)36-18(26)11-2)37(30,33-13-31-20(28)21(3,4)5)34-14-32-23(9,29)22(6,7)8/h15-16,29H,10-14H2,1-9H3/t15-,16?,23?,37?/m0/s1. The number of amides is 1. The summed E-state index contributed by atoms with van der Waals surface area (Å²) in [6, 6.07) is 0. The molecule has 0 aromatic heterocycles. The number of hydroxylamine groups is 2. The number of hydrogen-bond donors (Lipinski definition) is 1. The Labute approximate surface area is 217 Å². The number of carbonyl (C=O) groups is 4. The fourth-order valence-electron chi connectivity index (χ4n) is 2.57. The molecule has 214 valence electrons. The summed E-state index contributed by atoms with van der Waals surface area (Å²) in [6.07, 6.45) is -1.93. The van der Waals surface area contributed by atoms with Gasteiger partial charge in [0.2, 0.25) is 13.0 Å². The zero-order valence-electron chi connectivity index (χ0n) is 23.0. The summed E-state index contributed by atoms with van der Waals surface area (Å²) in [7, 11) is -4.54. The number of hydrogen-bond acceptors (Lipinski definition) is 12. The van der Waals surface area contributed by atoms with Gasteiger partial charge in [0, 0.05) is 24.7 Å². The highest BCUT2D eigenvalue weighted by Crippen LogP contribution is 2.57. The van der Waals surface area contributed by atoms with Crippen molar-refractivity contribution in [3.8, 4) is 0 Å². The number of rotatable bonds is 12. The maximum atomic E-state index is 13.9. The monoisotopic (exact) mass is 553 g/mol. The molecule has 13 nitrogen and oxygen atoms in total. The van der Waals surface area contributed by atoms with Gasteiger partial charge < -0.3 is 24.2 Å². The van der Waals surface area contributed by atoms with Gasteiger partial charge in [-0.05, 0) is 27.7 Å². The molecule has 1 heterocycles. The van der Waals surface area contributed by atoms with Gasteiger partial charge in [-0.25, -0.2) is 4.79 Å². The molecule has 0 aromatic rings. The maximum absolute atomic E-state index is 13.9. The van der Waals surface area contributed by atoms with Gasteiger partial charge in [-0.2, -0.15) is 0 Å². The molecule has 3 unspecified atom stereocenters. The summed E-state index contributed by atoms with van der Waals surface area (Å²) in [4.78, 5) is 54.1. The second-order valence-electron chi connectivity index (χ2n) is 10.6. The normalized spacial score (nSPS) is 21.7. The Hall–Kier alpha value is -2.05. The van der Waals surface area contributed by atoms with Crippen LogP contribution in [0.2, 0.25) is 0 Å². The van der Waals surface area contributed by atoms with Crippen LogP contribution < -0.4 is 0 Å². The van der Waals surface area contributed by atoms with Crippen LogP contribution in [-0.4, -0.2) is 65.2 Å². The summed E-state index contributed by atoms with van der Waals surface area (Å²) in [5.74, 6) is -4.90. The van der Waals surface area contributed by atoms with Crippen LogP contribution in [0.1, 0.15) is 81.6 Å². The first-order chi connectivity index (χ1) is 16.8. The zero-order valence-corrected chi connectivity index (χ0v) is 23.9. The van der Waals surface area contributed by atoms with E-state index >= 15 is 0 Å². The van der Waals surface area contributed by atoms with Crippen molar-refractivity contribution in [3.63, 3.8) is 0 Å². The fraction of sp³-hybridized carbons (Fsp3) is 0.826. The van der Waals surface area contributed by atoms with Crippen molar-refractivity contribution < 1.29 is 56.9 Å². The molecule has 1 fully saturated rings. The molecule has 1 rings (SSSR count). The first-order valence-corrected chi connectivity index (χ1v) is 13.6. The van der Waals surface area contributed by atoms with Crippen molar-refractivity contribution in [2.75, 3.05) is 13.6 Å². The molecule has 1 saturated heterocycles. The Morgan fingerprint density at radius 2 is 1.51 bits per heavy atom. The fourth-order valence-corrected chi connectivity index (χ4v) is 4.22. The lowest BCUT2D eigenvalue weighted by Gasteiger charge is -2.36. The third kappa shape index (κ3) is 9.03. The van der Waals surface area contributed by atoms with Gasteiger partial charge in [-0.15, -0.1) is 5.06 Å². The predicted molar refractivity (Wildman–Crippen MR) is 128 cm³/mol. The molecular formula is C23H40NO12P. The van der Waals surface area contributed by atoms with Crippen molar-refractivity contribution in [3.05, 3.63) is 0 Å². The third-order valence-corrected chi connectivity index (χ3v) is 7.74. The first kappa shape index (κ1) is 33.0. The van der Waals surface area contributed by atoms with Crippen LogP contribution in [0.4, 0.5) is 0 Å². The summed E-state index contributed by atoms with van der Waals surface area (Å²) in [5.41, 5.74) is -3.27. The van der Waals surface area contributed by atoms with Gasteiger partial charge in [0.1, 0.15) is 5.66 Å². The van der Waals surface area contributed by atoms with Gasteiger partial charge in [-0.1, -0.05) is 34.6 Å². The number of aliphatic hydroxyl groups is 1. The minimum absolute atomic E-state index is 0.0337. The molecule has 4 atom stereocenters. The number of esters is 2. The van der Waals surface area contributed by atoms with E-state index in [-0.39, 0.29) is 12.8 Å². The van der Waals surface area contributed by atoms with Crippen molar-refractivity contribution >= 4 is 31.4 Å². The van der Waals surface area contributed by atoms with E-state index in [1.54, 1.807) is 41.5 Å². The molecular weight excluding hydrogens is 513 g/mol. The molecule has 0 spiro atoms. The van der Waals surface area contributed by atoms with Gasteiger partial charge in [-0.3, -0.25) is 28.0 Å². The highest BCUT2D eigenvalue weighted by atomic mass is 31.2. The van der Waals surface area contributed by atoms with Crippen LogP contribution in [0, 0.1) is 10.8 Å². The second-order valence-corrected chi connectivity index (χ2v) is 12.8. The molecule has 0 saturated carbocycles. The van der Waals surface area contributed by atoms with Crippen molar-refractivity contribution in [2.24, 2.45) is 10.8 Å². The van der Waals surface area contributed by atoms with Gasteiger partial charge in [0.25, 0.3) is 5.91 Å². The van der Waals surface area contributed by atoms with E-state index in [0.717, 1.165) is 0 Å². The average molecular weight is 554 g/mol. The van der Waals surface area contributed by atoms with E-state index in [1.165, 1.54) is 20.8 Å². The minimum Gasteiger partial charge on any atom is -0.438 e. The maximum Gasteiger partial charge on any atom is 0.348 e.